The van der Waals surface area contributed by atoms with E-state index in [1.165, 1.54) is 6.08 Å². The quantitative estimate of drug-likeness (QED) is 0.475. The maximum atomic E-state index is 11.5. The van der Waals surface area contributed by atoms with Crippen molar-refractivity contribution in [3.63, 3.8) is 0 Å². The molecule has 0 spiro atoms. The molecule has 1 aromatic heterocycles. The topological polar surface area (TPSA) is 48.7 Å². The van der Waals surface area contributed by atoms with E-state index in [9.17, 15) is 4.79 Å². The van der Waals surface area contributed by atoms with E-state index in [0.29, 0.717) is 18.8 Å². The number of carbonyl (C=O) groups excluding carboxylic acids is 1. The number of aryl methyl sites for hydroxylation is 1. The molecule has 0 radical (unpaired) electrons. The van der Waals surface area contributed by atoms with Gasteiger partial charge in [0.25, 0.3) is 0 Å². The molecular weight excluding hydrogens is 316 g/mol. The maximum Gasteiger partial charge on any atom is 0.330 e. The molecule has 1 heterocycles. The number of rotatable bonds is 6. The van der Waals surface area contributed by atoms with E-state index in [4.69, 9.17) is 13.9 Å². The zero-order valence-electron chi connectivity index (χ0n) is 14.3. The lowest BCUT2D eigenvalue weighted by molar-refractivity contribution is -0.137. The fourth-order valence-corrected chi connectivity index (χ4v) is 2.58. The predicted octanol–water partition coefficient (Wildman–Crippen LogP) is 4.90. The Morgan fingerprint density at radius 1 is 1.16 bits per heavy atom. The number of carbonyl (C=O) groups is 1. The van der Waals surface area contributed by atoms with Gasteiger partial charge < -0.3 is 13.9 Å². The van der Waals surface area contributed by atoms with Gasteiger partial charge in [-0.05, 0) is 43.7 Å². The summed E-state index contributed by atoms with van der Waals surface area (Å²) in [6.07, 6.45) is 3.10. The number of hydrogen-bond donors (Lipinski definition) is 0. The molecule has 0 aliphatic heterocycles. The van der Waals surface area contributed by atoms with E-state index in [1.54, 1.807) is 13.0 Å². The highest BCUT2D eigenvalue weighted by atomic mass is 16.5. The van der Waals surface area contributed by atoms with Crippen LogP contribution in [0.3, 0.4) is 0 Å². The predicted molar refractivity (Wildman–Crippen MR) is 97.4 cm³/mol. The van der Waals surface area contributed by atoms with Gasteiger partial charge in [0.05, 0.1) is 12.0 Å². The van der Waals surface area contributed by atoms with Gasteiger partial charge in [-0.25, -0.2) is 4.79 Å². The van der Waals surface area contributed by atoms with Crippen LogP contribution in [0.2, 0.25) is 0 Å². The molecule has 128 valence electrons. The molecule has 0 N–H and O–H groups in total. The molecule has 4 heteroatoms. The molecule has 0 aliphatic carbocycles. The Hall–Kier alpha value is -3.01. The van der Waals surface area contributed by atoms with Crippen molar-refractivity contribution >= 4 is 23.0 Å². The number of fused-ring (bicyclic) bond motifs is 1. The molecule has 0 saturated heterocycles. The van der Waals surface area contributed by atoms with Gasteiger partial charge in [-0.3, -0.25) is 0 Å². The van der Waals surface area contributed by atoms with Crippen LogP contribution in [0.4, 0.5) is 0 Å². The standard InChI is InChI=1S/C21H20O4/c1-3-23-20(22)12-10-17-9-11-19(18-13-15(2)25-21(17)18)24-14-16-7-5-4-6-8-16/h4-13H,3,14H2,1-2H3. The van der Waals surface area contributed by atoms with Crippen molar-refractivity contribution in [1.82, 2.24) is 0 Å². The highest BCUT2D eigenvalue weighted by Gasteiger charge is 2.11. The van der Waals surface area contributed by atoms with E-state index >= 15 is 0 Å². The number of hydrogen-bond acceptors (Lipinski definition) is 4. The zero-order chi connectivity index (χ0) is 17.6. The fraction of sp³-hybridized carbons (Fsp3) is 0.190. The number of ether oxygens (including phenoxy) is 2. The fourth-order valence-electron chi connectivity index (χ4n) is 2.58. The van der Waals surface area contributed by atoms with Crippen molar-refractivity contribution in [2.24, 2.45) is 0 Å². The van der Waals surface area contributed by atoms with E-state index < -0.39 is 0 Å². The molecule has 25 heavy (non-hydrogen) atoms. The molecule has 0 aliphatic rings. The summed E-state index contributed by atoms with van der Waals surface area (Å²) in [6.45, 7) is 4.50. The van der Waals surface area contributed by atoms with Crippen molar-refractivity contribution in [3.8, 4) is 5.75 Å². The monoisotopic (exact) mass is 336 g/mol. The largest absolute Gasteiger partial charge is 0.488 e. The second-order valence-electron chi connectivity index (χ2n) is 5.61. The summed E-state index contributed by atoms with van der Waals surface area (Å²) in [4.78, 5) is 11.5. The summed E-state index contributed by atoms with van der Waals surface area (Å²) in [5.74, 6) is 1.17. The molecule has 3 rings (SSSR count). The highest BCUT2D eigenvalue weighted by Crippen LogP contribution is 2.32. The van der Waals surface area contributed by atoms with Gasteiger partial charge in [-0.2, -0.15) is 0 Å². The first kappa shape index (κ1) is 16.8. The first-order valence-corrected chi connectivity index (χ1v) is 8.22. The summed E-state index contributed by atoms with van der Waals surface area (Å²) in [6, 6.07) is 15.7. The van der Waals surface area contributed by atoms with Crippen LogP contribution < -0.4 is 4.74 Å². The van der Waals surface area contributed by atoms with Crippen LogP contribution >= 0.6 is 0 Å². The molecule has 0 saturated carbocycles. The Balaban J connectivity index is 1.86. The minimum Gasteiger partial charge on any atom is -0.488 e. The van der Waals surface area contributed by atoms with Crippen molar-refractivity contribution in [2.75, 3.05) is 6.61 Å². The molecule has 0 bridgehead atoms. The van der Waals surface area contributed by atoms with E-state index in [-0.39, 0.29) is 5.97 Å². The third-order valence-electron chi connectivity index (χ3n) is 3.72. The molecule has 2 aromatic carbocycles. The zero-order valence-corrected chi connectivity index (χ0v) is 14.3. The summed E-state index contributed by atoms with van der Waals surface area (Å²) < 4.78 is 16.7. The molecule has 0 atom stereocenters. The van der Waals surface area contributed by atoms with Gasteiger partial charge >= 0.3 is 5.97 Å². The molecule has 3 aromatic rings. The van der Waals surface area contributed by atoms with Gasteiger partial charge in [-0.15, -0.1) is 0 Å². The summed E-state index contributed by atoms with van der Waals surface area (Å²) in [5, 5.41) is 0.888. The number of esters is 1. The molecule has 0 amide bonds. The smallest absolute Gasteiger partial charge is 0.330 e. The first-order chi connectivity index (χ1) is 12.2. The Bertz CT molecular complexity index is 891. The van der Waals surface area contributed by atoms with Crippen LogP contribution in [0.5, 0.6) is 5.75 Å². The molecule has 0 unspecified atom stereocenters. The number of furan rings is 1. The van der Waals surface area contributed by atoms with E-state index in [2.05, 4.69) is 0 Å². The average Bonchev–Trinajstić information content (AvgIpc) is 3.01. The SMILES string of the molecule is CCOC(=O)C=Cc1ccc(OCc2ccccc2)c2cc(C)oc12. The van der Waals surface area contributed by atoms with E-state index in [1.807, 2.05) is 55.5 Å². The normalized spacial score (nSPS) is 11.1. The first-order valence-electron chi connectivity index (χ1n) is 8.22. The third-order valence-corrected chi connectivity index (χ3v) is 3.72. The molecule has 4 nitrogen and oxygen atoms in total. The van der Waals surface area contributed by atoms with Crippen molar-refractivity contribution in [1.29, 1.82) is 0 Å². The lowest BCUT2D eigenvalue weighted by atomic mass is 10.1. The Morgan fingerprint density at radius 2 is 1.96 bits per heavy atom. The minimum absolute atomic E-state index is 0.352. The molecular formula is C21H20O4. The minimum atomic E-state index is -0.372. The van der Waals surface area contributed by atoms with E-state index in [0.717, 1.165) is 28.0 Å². The lowest BCUT2D eigenvalue weighted by Gasteiger charge is -2.08. The third kappa shape index (κ3) is 4.10. The summed E-state index contributed by atoms with van der Waals surface area (Å²) in [5.41, 5.74) is 2.61. The second kappa shape index (κ2) is 7.71. The van der Waals surface area contributed by atoms with Gasteiger partial charge in [0.15, 0.2) is 0 Å². The average molecular weight is 336 g/mol. The maximum absolute atomic E-state index is 11.5. The summed E-state index contributed by atoms with van der Waals surface area (Å²) in [7, 11) is 0. The molecule has 0 fully saturated rings. The van der Waals surface area contributed by atoms with Gasteiger partial charge in [-0.1, -0.05) is 30.3 Å². The van der Waals surface area contributed by atoms with Crippen LogP contribution in [0.1, 0.15) is 23.8 Å². The van der Waals surface area contributed by atoms with Crippen molar-refractivity contribution in [2.45, 2.75) is 20.5 Å². The van der Waals surface area contributed by atoms with Crippen LogP contribution in [0, 0.1) is 6.92 Å². The Labute approximate surface area is 146 Å². The second-order valence-corrected chi connectivity index (χ2v) is 5.61. The van der Waals surface area contributed by atoms with Crippen LogP contribution in [0.15, 0.2) is 59.0 Å². The number of benzene rings is 2. The van der Waals surface area contributed by atoms with Crippen molar-refractivity contribution in [3.05, 3.63) is 71.5 Å². The summed E-state index contributed by atoms with van der Waals surface area (Å²) >= 11 is 0. The van der Waals surface area contributed by atoms with Gasteiger partial charge in [0.2, 0.25) is 0 Å². The Morgan fingerprint density at radius 3 is 2.72 bits per heavy atom. The van der Waals surface area contributed by atoms with Crippen LogP contribution in [-0.2, 0) is 16.1 Å². The van der Waals surface area contributed by atoms with Gasteiger partial charge in [0.1, 0.15) is 23.7 Å². The van der Waals surface area contributed by atoms with Gasteiger partial charge in [0, 0.05) is 11.6 Å². The van der Waals surface area contributed by atoms with Crippen LogP contribution in [0.25, 0.3) is 17.0 Å². The van der Waals surface area contributed by atoms with Crippen LogP contribution in [-0.4, -0.2) is 12.6 Å². The Kier molecular flexibility index (Phi) is 5.19. The van der Waals surface area contributed by atoms with Crippen molar-refractivity contribution < 1.29 is 18.7 Å². The lowest BCUT2D eigenvalue weighted by Crippen LogP contribution is -1.98. The highest BCUT2D eigenvalue weighted by molar-refractivity contribution is 5.95.